The molecule has 1 atom stereocenters. The molecule has 74 valence electrons. The molecule has 0 aliphatic carbocycles. The highest BCUT2D eigenvalue weighted by atomic mass is 16.5. The van der Waals surface area contributed by atoms with Gasteiger partial charge in [-0.15, -0.1) is 0 Å². The van der Waals surface area contributed by atoms with Crippen molar-refractivity contribution < 1.29 is 9.53 Å². The van der Waals surface area contributed by atoms with Gasteiger partial charge in [0.05, 0.1) is 18.5 Å². The van der Waals surface area contributed by atoms with Gasteiger partial charge < -0.3 is 4.74 Å². The molecule has 0 aromatic carbocycles. The van der Waals surface area contributed by atoms with Crippen LogP contribution in [0.1, 0.15) is 25.5 Å². The maximum Gasteiger partial charge on any atom is 0.138 e. The third-order valence-electron chi connectivity index (χ3n) is 2.44. The van der Waals surface area contributed by atoms with Gasteiger partial charge in [-0.2, -0.15) is 0 Å². The van der Waals surface area contributed by atoms with Crippen molar-refractivity contribution in [3.63, 3.8) is 0 Å². The van der Waals surface area contributed by atoms with Gasteiger partial charge in [0.25, 0.3) is 0 Å². The number of Topliss-reactive ketones (excluding diaryl/α,β-unsaturated/α-hetero) is 1. The Balaban J connectivity index is 2.27. The van der Waals surface area contributed by atoms with Gasteiger partial charge in [-0.25, -0.2) is 0 Å². The number of ether oxygens (including phenoxy) is 1. The summed E-state index contributed by atoms with van der Waals surface area (Å²) in [5.41, 5.74) is 0.150. The third kappa shape index (κ3) is 1.65. The molecule has 2 heterocycles. The van der Waals surface area contributed by atoms with Gasteiger partial charge in [0.2, 0.25) is 0 Å². The van der Waals surface area contributed by atoms with Crippen molar-refractivity contribution in [3.8, 4) is 0 Å². The standard InChI is InChI=1S/C10H12N2O2/c1-10(6-8(13)2-5-14-10)9-7-11-3-4-12-9/h3-4,7H,2,5-6H2,1H3. The van der Waals surface area contributed by atoms with Crippen LogP contribution in [0.25, 0.3) is 0 Å². The Morgan fingerprint density at radius 2 is 2.36 bits per heavy atom. The first-order chi connectivity index (χ1) is 6.71. The van der Waals surface area contributed by atoms with E-state index in [0.29, 0.717) is 19.4 Å². The van der Waals surface area contributed by atoms with Crippen LogP contribution in [0.4, 0.5) is 0 Å². The van der Waals surface area contributed by atoms with Crippen molar-refractivity contribution in [2.24, 2.45) is 0 Å². The van der Waals surface area contributed by atoms with Crippen LogP contribution in [0.5, 0.6) is 0 Å². The van der Waals surface area contributed by atoms with Crippen molar-refractivity contribution in [2.45, 2.75) is 25.4 Å². The molecular formula is C10H12N2O2. The molecule has 0 N–H and O–H groups in total. The predicted octanol–water partition coefficient (Wildman–Crippen LogP) is 1.07. The van der Waals surface area contributed by atoms with Crippen LogP contribution in [0.15, 0.2) is 18.6 Å². The summed E-state index contributed by atoms with van der Waals surface area (Å²) in [5.74, 6) is 0.226. The van der Waals surface area contributed by atoms with Crippen LogP contribution in [-0.4, -0.2) is 22.4 Å². The van der Waals surface area contributed by atoms with Gasteiger partial charge >= 0.3 is 0 Å². The highest BCUT2D eigenvalue weighted by molar-refractivity contribution is 5.80. The number of aromatic nitrogens is 2. The zero-order chi connectivity index (χ0) is 10.0. The van der Waals surface area contributed by atoms with E-state index in [1.165, 1.54) is 0 Å². The first kappa shape index (κ1) is 9.27. The molecular weight excluding hydrogens is 180 g/mol. The molecule has 2 rings (SSSR count). The van der Waals surface area contributed by atoms with Crippen LogP contribution in [0, 0.1) is 0 Å². The van der Waals surface area contributed by atoms with E-state index in [1.54, 1.807) is 18.6 Å². The topological polar surface area (TPSA) is 52.1 Å². The van der Waals surface area contributed by atoms with Gasteiger partial charge in [0, 0.05) is 25.2 Å². The lowest BCUT2D eigenvalue weighted by Crippen LogP contribution is -2.35. The van der Waals surface area contributed by atoms with Crippen LogP contribution in [0.2, 0.25) is 0 Å². The molecule has 1 aliphatic heterocycles. The van der Waals surface area contributed by atoms with Crippen LogP contribution in [-0.2, 0) is 15.1 Å². The van der Waals surface area contributed by atoms with Crippen LogP contribution >= 0.6 is 0 Å². The summed E-state index contributed by atoms with van der Waals surface area (Å²) in [7, 11) is 0. The fourth-order valence-corrected chi connectivity index (χ4v) is 1.64. The third-order valence-corrected chi connectivity index (χ3v) is 2.44. The van der Waals surface area contributed by atoms with E-state index in [9.17, 15) is 4.79 Å². The van der Waals surface area contributed by atoms with Gasteiger partial charge in [-0.1, -0.05) is 0 Å². The molecule has 1 unspecified atom stereocenters. The molecule has 0 radical (unpaired) electrons. The average molecular weight is 192 g/mol. The van der Waals surface area contributed by atoms with E-state index in [2.05, 4.69) is 9.97 Å². The van der Waals surface area contributed by atoms with Crippen molar-refractivity contribution >= 4 is 5.78 Å². The number of rotatable bonds is 1. The summed E-state index contributed by atoms with van der Waals surface area (Å²) in [6.45, 7) is 2.36. The maximum atomic E-state index is 11.3. The number of hydrogen-bond donors (Lipinski definition) is 0. The summed E-state index contributed by atoms with van der Waals surface area (Å²) in [6, 6.07) is 0. The minimum atomic E-state index is -0.580. The summed E-state index contributed by atoms with van der Waals surface area (Å²) >= 11 is 0. The second-order valence-corrected chi connectivity index (χ2v) is 3.64. The summed E-state index contributed by atoms with van der Waals surface area (Å²) in [4.78, 5) is 19.5. The molecule has 1 aromatic heterocycles. The lowest BCUT2D eigenvalue weighted by atomic mass is 9.92. The summed E-state index contributed by atoms with van der Waals surface area (Å²) in [6.07, 6.45) is 5.78. The van der Waals surface area contributed by atoms with E-state index in [-0.39, 0.29) is 5.78 Å². The lowest BCUT2D eigenvalue weighted by molar-refractivity contribution is -0.139. The predicted molar refractivity (Wildman–Crippen MR) is 49.6 cm³/mol. The number of carbonyl (C=O) groups excluding carboxylic acids is 1. The van der Waals surface area contributed by atoms with Gasteiger partial charge in [-0.3, -0.25) is 14.8 Å². The molecule has 0 bridgehead atoms. The van der Waals surface area contributed by atoms with Crippen LogP contribution < -0.4 is 0 Å². The Labute approximate surface area is 82.3 Å². The SMILES string of the molecule is CC1(c2cnccn2)CC(=O)CCO1. The second kappa shape index (κ2) is 3.46. The fraction of sp³-hybridized carbons (Fsp3) is 0.500. The van der Waals surface area contributed by atoms with Crippen molar-refractivity contribution in [1.29, 1.82) is 0 Å². The smallest absolute Gasteiger partial charge is 0.138 e. The largest absolute Gasteiger partial charge is 0.368 e. The molecule has 1 aliphatic rings. The molecule has 0 saturated carbocycles. The second-order valence-electron chi connectivity index (χ2n) is 3.64. The van der Waals surface area contributed by atoms with E-state index in [4.69, 9.17) is 4.74 Å². The minimum Gasteiger partial charge on any atom is -0.368 e. The van der Waals surface area contributed by atoms with Crippen molar-refractivity contribution in [2.75, 3.05) is 6.61 Å². The lowest BCUT2D eigenvalue weighted by Gasteiger charge is -2.31. The van der Waals surface area contributed by atoms with E-state index in [1.807, 2.05) is 6.92 Å². The Morgan fingerprint density at radius 3 is 3.00 bits per heavy atom. The quantitative estimate of drug-likeness (QED) is 0.668. The van der Waals surface area contributed by atoms with E-state index >= 15 is 0 Å². The summed E-state index contributed by atoms with van der Waals surface area (Å²) in [5, 5.41) is 0. The zero-order valence-corrected chi connectivity index (χ0v) is 8.06. The van der Waals surface area contributed by atoms with Gasteiger partial charge in [0.1, 0.15) is 11.4 Å². The average Bonchev–Trinajstić information content (AvgIpc) is 2.19. The maximum absolute atomic E-state index is 11.3. The Kier molecular flexibility index (Phi) is 2.29. The first-order valence-electron chi connectivity index (χ1n) is 4.63. The number of nitrogens with zero attached hydrogens (tertiary/aromatic N) is 2. The Bertz CT molecular complexity index is 339. The normalized spacial score (nSPS) is 27.6. The molecule has 14 heavy (non-hydrogen) atoms. The molecule has 1 fully saturated rings. The molecule has 0 spiro atoms. The molecule has 4 heteroatoms. The van der Waals surface area contributed by atoms with E-state index in [0.717, 1.165) is 5.69 Å². The molecule has 0 amide bonds. The Hall–Kier alpha value is -1.29. The molecule has 1 aromatic rings. The number of hydrogen-bond acceptors (Lipinski definition) is 4. The zero-order valence-electron chi connectivity index (χ0n) is 8.06. The summed E-state index contributed by atoms with van der Waals surface area (Å²) < 4.78 is 5.60. The first-order valence-corrected chi connectivity index (χ1v) is 4.63. The molecule has 4 nitrogen and oxygen atoms in total. The van der Waals surface area contributed by atoms with Crippen LogP contribution in [0.3, 0.4) is 0 Å². The van der Waals surface area contributed by atoms with Gasteiger partial charge in [0.15, 0.2) is 0 Å². The Morgan fingerprint density at radius 1 is 1.50 bits per heavy atom. The number of ketones is 1. The van der Waals surface area contributed by atoms with E-state index < -0.39 is 5.60 Å². The van der Waals surface area contributed by atoms with Gasteiger partial charge in [-0.05, 0) is 6.92 Å². The van der Waals surface area contributed by atoms with Crippen molar-refractivity contribution in [3.05, 3.63) is 24.3 Å². The minimum absolute atomic E-state index is 0.226. The number of carbonyl (C=O) groups is 1. The monoisotopic (exact) mass is 192 g/mol. The fourth-order valence-electron chi connectivity index (χ4n) is 1.64. The highest BCUT2D eigenvalue weighted by Gasteiger charge is 2.35. The highest BCUT2D eigenvalue weighted by Crippen LogP contribution is 2.31. The van der Waals surface area contributed by atoms with Crippen molar-refractivity contribution in [1.82, 2.24) is 9.97 Å². The molecule has 1 saturated heterocycles.